The van der Waals surface area contributed by atoms with Gasteiger partial charge in [0.05, 0.1) is 18.2 Å². The molecule has 1 amide bonds. The van der Waals surface area contributed by atoms with Crippen molar-refractivity contribution in [2.24, 2.45) is 0 Å². The Morgan fingerprint density at radius 1 is 1.29 bits per heavy atom. The summed E-state index contributed by atoms with van der Waals surface area (Å²) < 4.78 is 42.4. The summed E-state index contributed by atoms with van der Waals surface area (Å²) in [6, 6.07) is 2.81. The molecule has 0 aromatic heterocycles. The monoisotopic (exact) mass is 247 g/mol. The van der Waals surface area contributed by atoms with Crippen molar-refractivity contribution in [3.63, 3.8) is 0 Å². The molecular formula is C11H12F3NO2. The lowest BCUT2D eigenvalue weighted by Crippen LogP contribution is -2.23. The first kappa shape index (κ1) is 13.3. The minimum Gasteiger partial charge on any atom is -0.496 e. The predicted octanol–water partition coefficient (Wildman–Crippen LogP) is 2.42. The summed E-state index contributed by atoms with van der Waals surface area (Å²) >= 11 is 0. The number of ether oxygens (including phenoxy) is 1. The number of halogens is 3. The van der Waals surface area contributed by atoms with Gasteiger partial charge >= 0.3 is 6.18 Å². The standard InChI is InChI=1S/C11H12F3NO2/c1-15(2)10(16)8-6-7(11(12,13)14)4-5-9(8)17-3/h4-6H,1-3H3. The molecule has 0 aliphatic heterocycles. The SMILES string of the molecule is COc1ccc(C(F)(F)F)cc1C(=O)N(C)C. The molecule has 6 heteroatoms. The van der Waals surface area contributed by atoms with Crippen LogP contribution in [-0.4, -0.2) is 32.0 Å². The van der Waals surface area contributed by atoms with Gasteiger partial charge in [-0.25, -0.2) is 0 Å². The molecule has 0 unspecified atom stereocenters. The maximum atomic E-state index is 12.5. The summed E-state index contributed by atoms with van der Waals surface area (Å²) in [7, 11) is 4.22. The lowest BCUT2D eigenvalue weighted by Gasteiger charge is -2.15. The third-order valence-electron chi connectivity index (χ3n) is 2.16. The highest BCUT2D eigenvalue weighted by Gasteiger charge is 2.32. The second-order valence-electron chi connectivity index (χ2n) is 3.61. The molecule has 0 saturated heterocycles. The van der Waals surface area contributed by atoms with E-state index in [1.807, 2.05) is 0 Å². The normalized spacial score (nSPS) is 11.2. The van der Waals surface area contributed by atoms with Crippen molar-refractivity contribution in [3.05, 3.63) is 29.3 Å². The Morgan fingerprint density at radius 3 is 2.29 bits per heavy atom. The third kappa shape index (κ3) is 2.89. The van der Waals surface area contributed by atoms with Crippen molar-refractivity contribution in [2.45, 2.75) is 6.18 Å². The van der Waals surface area contributed by atoms with Gasteiger partial charge in [0, 0.05) is 14.1 Å². The Morgan fingerprint density at radius 2 is 1.88 bits per heavy atom. The minimum atomic E-state index is -4.48. The van der Waals surface area contributed by atoms with E-state index < -0.39 is 17.6 Å². The molecule has 0 bridgehead atoms. The molecule has 0 spiro atoms. The molecule has 0 aliphatic carbocycles. The Balaban J connectivity index is 3.30. The molecule has 0 heterocycles. The number of carbonyl (C=O) groups excluding carboxylic acids is 1. The fraction of sp³-hybridized carbons (Fsp3) is 0.364. The molecule has 0 atom stereocenters. The van der Waals surface area contributed by atoms with E-state index in [2.05, 4.69) is 0 Å². The smallest absolute Gasteiger partial charge is 0.416 e. The Kier molecular flexibility index (Phi) is 3.65. The molecule has 0 N–H and O–H groups in total. The van der Waals surface area contributed by atoms with Gasteiger partial charge < -0.3 is 9.64 Å². The van der Waals surface area contributed by atoms with Crippen molar-refractivity contribution >= 4 is 5.91 Å². The fourth-order valence-corrected chi connectivity index (χ4v) is 1.29. The zero-order valence-electron chi connectivity index (χ0n) is 9.63. The van der Waals surface area contributed by atoms with Crippen LogP contribution in [0.25, 0.3) is 0 Å². The summed E-state index contributed by atoms with van der Waals surface area (Å²) in [5.74, 6) is -0.412. The van der Waals surface area contributed by atoms with E-state index in [0.29, 0.717) is 0 Å². The lowest BCUT2D eigenvalue weighted by atomic mass is 10.1. The summed E-state index contributed by atoms with van der Waals surface area (Å²) in [5.41, 5.74) is -0.976. The number of benzene rings is 1. The van der Waals surface area contributed by atoms with Crippen molar-refractivity contribution in [1.29, 1.82) is 0 Å². The summed E-state index contributed by atoms with van der Waals surface area (Å²) in [5, 5.41) is 0. The van der Waals surface area contributed by atoms with Crippen LogP contribution in [0.3, 0.4) is 0 Å². The maximum absolute atomic E-state index is 12.5. The molecule has 0 radical (unpaired) electrons. The molecule has 3 nitrogen and oxygen atoms in total. The molecule has 0 saturated carbocycles. The van der Waals surface area contributed by atoms with E-state index in [1.165, 1.54) is 26.1 Å². The van der Waals surface area contributed by atoms with Gasteiger partial charge in [-0.05, 0) is 18.2 Å². The van der Waals surface area contributed by atoms with Crippen molar-refractivity contribution < 1.29 is 22.7 Å². The van der Waals surface area contributed by atoms with E-state index in [0.717, 1.165) is 18.2 Å². The van der Waals surface area contributed by atoms with Gasteiger partial charge in [0.1, 0.15) is 5.75 Å². The fourth-order valence-electron chi connectivity index (χ4n) is 1.29. The minimum absolute atomic E-state index is 0.104. The first-order valence-electron chi connectivity index (χ1n) is 4.74. The summed E-state index contributed by atoms with van der Waals surface area (Å²) in [6.45, 7) is 0. The van der Waals surface area contributed by atoms with Crippen LogP contribution in [0.5, 0.6) is 5.75 Å². The molecule has 94 valence electrons. The number of carbonyl (C=O) groups is 1. The second-order valence-corrected chi connectivity index (χ2v) is 3.61. The summed E-state index contributed by atoms with van der Waals surface area (Å²) in [4.78, 5) is 12.9. The second kappa shape index (κ2) is 4.65. The van der Waals surface area contributed by atoms with Gasteiger partial charge in [-0.3, -0.25) is 4.79 Å². The number of hydrogen-bond donors (Lipinski definition) is 0. The van der Waals surface area contributed by atoms with Crippen LogP contribution in [0.1, 0.15) is 15.9 Å². The zero-order chi connectivity index (χ0) is 13.2. The van der Waals surface area contributed by atoms with Crippen molar-refractivity contribution in [2.75, 3.05) is 21.2 Å². The van der Waals surface area contributed by atoms with Crippen LogP contribution in [-0.2, 0) is 6.18 Å². The van der Waals surface area contributed by atoms with E-state index >= 15 is 0 Å². The first-order valence-corrected chi connectivity index (χ1v) is 4.74. The number of methoxy groups -OCH3 is 1. The highest BCUT2D eigenvalue weighted by atomic mass is 19.4. The van der Waals surface area contributed by atoms with Gasteiger partial charge in [-0.1, -0.05) is 0 Å². The molecule has 17 heavy (non-hydrogen) atoms. The van der Waals surface area contributed by atoms with Crippen LogP contribution in [0.4, 0.5) is 13.2 Å². The van der Waals surface area contributed by atoms with Crippen LogP contribution in [0.15, 0.2) is 18.2 Å². The summed E-state index contributed by atoms with van der Waals surface area (Å²) in [6.07, 6.45) is -4.48. The number of nitrogens with zero attached hydrogens (tertiary/aromatic N) is 1. The third-order valence-corrected chi connectivity index (χ3v) is 2.16. The molecule has 0 aliphatic rings. The Hall–Kier alpha value is -1.72. The zero-order valence-corrected chi connectivity index (χ0v) is 9.63. The van der Waals surface area contributed by atoms with Gasteiger partial charge in [0.25, 0.3) is 5.91 Å². The number of amides is 1. The lowest BCUT2D eigenvalue weighted by molar-refractivity contribution is -0.137. The van der Waals surface area contributed by atoms with Crippen LogP contribution >= 0.6 is 0 Å². The molecule has 1 aromatic rings. The number of alkyl halides is 3. The first-order chi connectivity index (χ1) is 7.77. The van der Waals surface area contributed by atoms with Crippen LogP contribution in [0.2, 0.25) is 0 Å². The highest BCUT2D eigenvalue weighted by Crippen LogP contribution is 2.32. The molecule has 1 aromatic carbocycles. The average molecular weight is 247 g/mol. The van der Waals surface area contributed by atoms with Gasteiger partial charge in [0.15, 0.2) is 0 Å². The highest BCUT2D eigenvalue weighted by molar-refractivity contribution is 5.96. The number of hydrogen-bond acceptors (Lipinski definition) is 2. The van der Waals surface area contributed by atoms with Crippen LogP contribution in [0, 0.1) is 0 Å². The maximum Gasteiger partial charge on any atom is 0.416 e. The molecule has 0 fully saturated rings. The van der Waals surface area contributed by atoms with Gasteiger partial charge in [-0.2, -0.15) is 13.2 Å². The van der Waals surface area contributed by atoms with E-state index in [-0.39, 0.29) is 11.3 Å². The van der Waals surface area contributed by atoms with Crippen LogP contribution < -0.4 is 4.74 Å². The van der Waals surface area contributed by atoms with Crippen molar-refractivity contribution in [1.82, 2.24) is 4.90 Å². The topological polar surface area (TPSA) is 29.5 Å². The predicted molar refractivity (Wildman–Crippen MR) is 56.0 cm³/mol. The Labute approximate surface area is 96.8 Å². The quantitative estimate of drug-likeness (QED) is 0.803. The molecule has 1 rings (SSSR count). The van der Waals surface area contributed by atoms with E-state index in [9.17, 15) is 18.0 Å². The van der Waals surface area contributed by atoms with Gasteiger partial charge in [-0.15, -0.1) is 0 Å². The average Bonchev–Trinajstić information content (AvgIpc) is 2.25. The molecular weight excluding hydrogens is 235 g/mol. The van der Waals surface area contributed by atoms with E-state index in [4.69, 9.17) is 4.74 Å². The number of rotatable bonds is 2. The Bertz CT molecular complexity index is 427. The van der Waals surface area contributed by atoms with Crippen molar-refractivity contribution in [3.8, 4) is 5.75 Å². The largest absolute Gasteiger partial charge is 0.496 e. The van der Waals surface area contributed by atoms with E-state index in [1.54, 1.807) is 0 Å². The van der Waals surface area contributed by atoms with Gasteiger partial charge in [0.2, 0.25) is 0 Å².